The van der Waals surface area contributed by atoms with E-state index in [1.54, 1.807) is 13.8 Å². The average molecular weight is 438 g/mol. The van der Waals surface area contributed by atoms with Crippen molar-refractivity contribution in [2.75, 3.05) is 17.2 Å². The number of nitrogens with zero attached hydrogens (tertiary/aromatic N) is 2. The van der Waals surface area contributed by atoms with Gasteiger partial charge in [0.05, 0.1) is 12.6 Å². The summed E-state index contributed by atoms with van der Waals surface area (Å²) in [5, 5.41) is 14.7. The van der Waals surface area contributed by atoms with Gasteiger partial charge in [-0.1, -0.05) is 13.8 Å². The number of hydrogen-bond donors (Lipinski definition) is 3. The number of rotatable bonds is 7. The van der Waals surface area contributed by atoms with Gasteiger partial charge in [-0.25, -0.2) is 4.98 Å². The molecule has 0 bridgehead atoms. The van der Waals surface area contributed by atoms with Crippen molar-refractivity contribution in [1.29, 1.82) is 0 Å². The van der Waals surface area contributed by atoms with E-state index in [9.17, 15) is 31.4 Å². The predicted molar refractivity (Wildman–Crippen MR) is 97.5 cm³/mol. The van der Waals surface area contributed by atoms with Gasteiger partial charge < -0.3 is 20.5 Å². The number of nitrogens with one attached hydrogen (secondary N) is 2. The van der Waals surface area contributed by atoms with Gasteiger partial charge in [-0.3, -0.25) is 0 Å². The first-order chi connectivity index (χ1) is 13.8. The number of halogens is 6. The van der Waals surface area contributed by atoms with Gasteiger partial charge in [0.15, 0.2) is 5.69 Å². The number of aryl methyl sites for hydroxylation is 1. The molecule has 1 aromatic heterocycles. The van der Waals surface area contributed by atoms with E-state index in [1.165, 1.54) is 13.0 Å². The molecule has 30 heavy (non-hydrogen) atoms. The van der Waals surface area contributed by atoms with Gasteiger partial charge in [-0.15, -0.1) is 13.2 Å². The highest BCUT2D eigenvalue weighted by atomic mass is 19.4. The van der Waals surface area contributed by atoms with Gasteiger partial charge >= 0.3 is 12.5 Å². The number of alkyl halides is 6. The molecule has 0 saturated heterocycles. The predicted octanol–water partition coefficient (Wildman–Crippen LogP) is 4.87. The molecule has 1 atom stereocenters. The van der Waals surface area contributed by atoms with Crippen LogP contribution < -0.4 is 15.4 Å². The molecule has 0 aliphatic heterocycles. The SMILES string of the molecule is Cc1cc(OC(F)(F)F)ccc1Nc1cc(C(F)(F)F)nc(N[C@@H](CO)C(C)C)n1. The van der Waals surface area contributed by atoms with Crippen molar-refractivity contribution < 1.29 is 36.2 Å². The lowest BCUT2D eigenvalue weighted by Gasteiger charge is -2.21. The first-order valence-corrected chi connectivity index (χ1v) is 8.75. The van der Waals surface area contributed by atoms with Crippen molar-refractivity contribution in [3.8, 4) is 5.75 Å². The summed E-state index contributed by atoms with van der Waals surface area (Å²) >= 11 is 0. The maximum Gasteiger partial charge on any atom is 0.573 e. The van der Waals surface area contributed by atoms with E-state index >= 15 is 0 Å². The zero-order chi connectivity index (χ0) is 22.7. The third-order valence-corrected chi connectivity index (χ3v) is 4.03. The summed E-state index contributed by atoms with van der Waals surface area (Å²) in [4.78, 5) is 7.43. The third kappa shape index (κ3) is 6.65. The molecular formula is C18H20F6N4O2. The monoisotopic (exact) mass is 438 g/mol. The van der Waals surface area contributed by atoms with Crippen molar-refractivity contribution in [2.24, 2.45) is 5.92 Å². The molecule has 0 amide bonds. The van der Waals surface area contributed by atoms with Crippen LogP contribution in [-0.4, -0.2) is 34.1 Å². The lowest BCUT2D eigenvalue weighted by atomic mass is 10.1. The largest absolute Gasteiger partial charge is 0.573 e. The number of aliphatic hydroxyl groups is 1. The molecular weight excluding hydrogens is 418 g/mol. The zero-order valence-corrected chi connectivity index (χ0v) is 16.2. The molecule has 6 nitrogen and oxygen atoms in total. The van der Waals surface area contributed by atoms with Crippen LogP contribution in [0, 0.1) is 12.8 Å². The molecule has 0 aliphatic carbocycles. The fourth-order valence-electron chi connectivity index (χ4n) is 2.42. The van der Waals surface area contributed by atoms with E-state index in [4.69, 9.17) is 0 Å². The number of benzene rings is 1. The standard InChI is InChI=1S/C18H20F6N4O2/c1-9(2)13(8-29)26-16-27-14(17(19,20)21)7-15(28-16)25-12-5-4-11(6-10(12)3)30-18(22,23)24/h4-7,9,13,29H,8H2,1-3H3,(H2,25,26,27,28)/t13-/m0/s1. The summed E-state index contributed by atoms with van der Waals surface area (Å²) in [6.07, 6.45) is -9.63. The summed E-state index contributed by atoms with van der Waals surface area (Å²) in [5.41, 5.74) is -0.712. The highest BCUT2D eigenvalue weighted by Crippen LogP contribution is 2.32. The fourth-order valence-corrected chi connectivity index (χ4v) is 2.42. The van der Waals surface area contributed by atoms with Crippen molar-refractivity contribution in [2.45, 2.75) is 39.4 Å². The molecule has 0 spiro atoms. The smallest absolute Gasteiger partial charge is 0.406 e. The molecule has 1 aromatic carbocycles. The molecule has 166 valence electrons. The van der Waals surface area contributed by atoms with Crippen LogP contribution in [0.1, 0.15) is 25.1 Å². The van der Waals surface area contributed by atoms with Crippen molar-refractivity contribution in [1.82, 2.24) is 9.97 Å². The molecule has 3 N–H and O–H groups in total. The normalized spacial score (nSPS) is 13.3. The summed E-state index contributed by atoms with van der Waals surface area (Å²) in [6.45, 7) is 4.63. The first-order valence-electron chi connectivity index (χ1n) is 8.75. The van der Waals surface area contributed by atoms with Crippen molar-refractivity contribution in [3.05, 3.63) is 35.5 Å². The zero-order valence-electron chi connectivity index (χ0n) is 16.2. The molecule has 2 rings (SSSR count). The Labute approximate surface area is 168 Å². The number of ether oxygens (including phenoxy) is 1. The van der Waals surface area contributed by atoms with Gasteiger partial charge in [-0.2, -0.15) is 18.2 Å². The maximum atomic E-state index is 13.2. The van der Waals surface area contributed by atoms with Gasteiger partial charge in [-0.05, 0) is 36.6 Å². The van der Waals surface area contributed by atoms with Crippen molar-refractivity contribution >= 4 is 17.5 Å². The van der Waals surface area contributed by atoms with Crippen LogP contribution >= 0.6 is 0 Å². The van der Waals surface area contributed by atoms with Crippen LogP contribution in [-0.2, 0) is 6.18 Å². The number of aromatic nitrogens is 2. The van der Waals surface area contributed by atoms with Gasteiger partial charge in [0.2, 0.25) is 5.95 Å². The Morgan fingerprint density at radius 3 is 2.23 bits per heavy atom. The maximum absolute atomic E-state index is 13.2. The molecule has 0 aliphatic rings. The summed E-state index contributed by atoms with van der Waals surface area (Å²) in [5.74, 6) is -1.16. The van der Waals surface area contributed by atoms with Crippen LogP contribution in [0.15, 0.2) is 24.3 Å². The second-order valence-corrected chi connectivity index (χ2v) is 6.79. The van der Waals surface area contributed by atoms with E-state index in [0.717, 1.165) is 12.1 Å². The number of hydrogen-bond acceptors (Lipinski definition) is 6. The Hall–Kier alpha value is -2.76. The topological polar surface area (TPSA) is 79.3 Å². The van der Waals surface area contributed by atoms with Gasteiger partial charge in [0.1, 0.15) is 11.6 Å². The van der Waals surface area contributed by atoms with Crippen LogP contribution in [0.4, 0.5) is 43.8 Å². The number of aliphatic hydroxyl groups excluding tert-OH is 1. The summed E-state index contributed by atoms with van der Waals surface area (Å²) in [6, 6.07) is 3.43. The van der Waals surface area contributed by atoms with Crippen LogP contribution in [0.5, 0.6) is 5.75 Å². The first kappa shape index (κ1) is 23.5. The highest BCUT2D eigenvalue weighted by Gasteiger charge is 2.34. The fraction of sp³-hybridized carbons (Fsp3) is 0.444. The summed E-state index contributed by atoms with van der Waals surface area (Å²) in [7, 11) is 0. The van der Waals surface area contributed by atoms with Gasteiger partial charge in [0, 0.05) is 11.8 Å². The van der Waals surface area contributed by atoms with E-state index in [0.29, 0.717) is 6.07 Å². The molecule has 1 heterocycles. The van der Waals surface area contributed by atoms with Crippen LogP contribution in [0.3, 0.4) is 0 Å². The molecule has 0 saturated carbocycles. The van der Waals surface area contributed by atoms with E-state index < -0.39 is 30.0 Å². The van der Waals surface area contributed by atoms with E-state index in [2.05, 4.69) is 25.3 Å². The Bertz CT molecular complexity index is 871. The lowest BCUT2D eigenvalue weighted by molar-refractivity contribution is -0.274. The molecule has 0 unspecified atom stereocenters. The second kappa shape index (κ2) is 8.94. The molecule has 0 fully saturated rings. The minimum absolute atomic E-state index is 0.118. The Kier molecular flexibility index (Phi) is 7.01. The molecule has 2 aromatic rings. The quantitative estimate of drug-likeness (QED) is 0.535. The Morgan fingerprint density at radius 1 is 1.07 bits per heavy atom. The van der Waals surface area contributed by atoms with Crippen LogP contribution in [0.25, 0.3) is 0 Å². The van der Waals surface area contributed by atoms with Gasteiger partial charge in [0.25, 0.3) is 0 Å². The average Bonchev–Trinajstić information content (AvgIpc) is 2.59. The third-order valence-electron chi connectivity index (χ3n) is 4.03. The minimum Gasteiger partial charge on any atom is -0.406 e. The van der Waals surface area contributed by atoms with E-state index in [1.807, 2.05) is 0 Å². The molecule has 12 heteroatoms. The lowest BCUT2D eigenvalue weighted by Crippen LogP contribution is -2.30. The Morgan fingerprint density at radius 2 is 1.73 bits per heavy atom. The van der Waals surface area contributed by atoms with Crippen LogP contribution in [0.2, 0.25) is 0 Å². The van der Waals surface area contributed by atoms with E-state index in [-0.39, 0.29) is 35.5 Å². The number of anilines is 3. The Balaban J connectivity index is 2.35. The summed E-state index contributed by atoms with van der Waals surface area (Å²) < 4.78 is 80.5. The second-order valence-electron chi connectivity index (χ2n) is 6.79. The highest BCUT2D eigenvalue weighted by molar-refractivity contribution is 5.62. The molecule has 0 radical (unpaired) electrons. The minimum atomic E-state index is -4.87. The van der Waals surface area contributed by atoms with Crippen molar-refractivity contribution in [3.63, 3.8) is 0 Å².